The molecule has 1 fully saturated rings. The highest BCUT2D eigenvalue weighted by atomic mass is 127. The smallest absolute Gasteiger partial charge is 0.253 e. The monoisotopic (exact) mass is 606 g/mol. The van der Waals surface area contributed by atoms with E-state index in [2.05, 4.69) is 27.9 Å². The molecule has 0 radical (unpaired) electrons. The van der Waals surface area contributed by atoms with Crippen LogP contribution in [0.4, 0.5) is 0 Å². The van der Waals surface area contributed by atoms with Crippen molar-refractivity contribution in [2.24, 2.45) is 0 Å². The molecule has 0 atom stereocenters. The fourth-order valence-electron chi connectivity index (χ4n) is 3.25. The number of carbonyl (C=O) groups excluding carboxylic acids is 2. The molecule has 0 spiro atoms. The standard InChI is InChI=1S/C21H24I2N2O3/c1-14(13-24)9-10-16(22)19(26)21(11-4-3-5-12-21)25-20(27)15-7-6-8-17(28-2)18(15)23/h6-10,13,24H,3-5,11-12H2,1-2H3,(H,25,27)/b14-9-,16-10-,24-13?. The van der Waals surface area contributed by atoms with Crippen molar-refractivity contribution in [2.45, 2.75) is 44.6 Å². The molecule has 5 nitrogen and oxygen atoms in total. The Morgan fingerprint density at radius 1 is 1.21 bits per heavy atom. The average molecular weight is 606 g/mol. The van der Waals surface area contributed by atoms with Crippen LogP contribution in [-0.4, -0.2) is 30.6 Å². The van der Waals surface area contributed by atoms with Gasteiger partial charge >= 0.3 is 0 Å². The maximum atomic E-state index is 13.3. The molecule has 1 aliphatic rings. The van der Waals surface area contributed by atoms with Gasteiger partial charge < -0.3 is 15.5 Å². The molecule has 1 aromatic carbocycles. The zero-order chi connectivity index (χ0) is 20.7. The number of allylic oxidation sites excluding steroid dienone is 3. The van der Waals surface area contributed by atoms with Gasteiger partial charge in [0.25, 0.3) is 5.91 Å². The van der Waals surface area contributed by atoms with Crippen LogP contribution in [0.25, 0.3) is 0 Å². The molecule has 150 valence electrons. The summed E-state index contributed by atoms with van der Waals surface area (Å²) < 4.78 is 6.60. The van der Waals surface area contributed by atoms with Gasteiger partial charge in [-0.3, -0.25) is 9.59 Å². The Balaban J connectivity index is 2.34. The topological polar surface area (TPSA) is 79.2 Å². The van der Waals surface area contributed by atoms with Gasteiger partial charge in [0.2, 0.25) is 0 Å². The van der Waals surface area contributed by atoms with E-state index in [1.807, 2.05) is 28.7 Å². The fourth-order valence-corrected chi connectivity index (χ4v) is 4.77. The molecule has 1 amide bonds. The minimum Gasteiger partial charge on any atom is -0.496 e. The van der Waals surface area contributed by atoms with Gasteiger partial charge in [0.1, 0.15) is 11.3 Å². The van der Waals surface area contributed by atoms with E-state index in [4.69, 9.17) is 10.1 Å². The zero-order valence-electron chi connectivity index (χ0n) is 16.0. The van der Waals surface area contributed by atoms with Crippen molar-refractivity contribution in [2.75, 3.05) is 7.11 Å². The van der Waals surface area contributed by atoms with Crippen molar-refractivity contribution in [3.05, 3.63) is 48.6 Å². The third-order valence-electron chi connectivity index (χ3n) is 4.86. The van der Waals surface area contributed by atoms with Crippen LogP contribution in [0.2, 0.25) is 0 Å². The maximum Gasteiger partial charge on any atom is 0.253 e. The summed E-state index contributed by atoms with van der Waals surface area (Å²) in [6, 6.07) is 5.33. The summed E-state index contributed by atoms with van der Waals surface area (Å²) in [5.74, 6) is 0.320. The molecular weight excluding hydrogens is 582 g/mol. The number of ether oxygens (including phenoxy) is 1. The molecule has 28 heavy (non-hydrogen) atoms. The van der Waals surface area contributed by atoms with E-state index < -0.39 is 5.54 Å². The number of halogens is 2. The number of hydrogen-bond acceptors (Lipinski definition) is 4. The van der Waals surface area contributed by atoms with Crippen molar-refractivity contribution in [1.29, 1.82) is 5.41 Å². The predicted octanol–water partition coefficient (Wildman–Crippen LogP) is 5.22. The lowest BCUT2D eigenvalue weighted by Crippen LogP contribution is -2.55. The first-order valence-electron chi connectivity index (χ1n) is 9.09. The highest BCUT2D eigenvalue weighted by molar-refractivity contribution is 14.1. The Morgan fingerprint density at radius 2 is 1.89 bits per heavy atom. The van der Waals surface area contributed by atoms with Crippen molar-refractivity contribution in [3.8, 4) is 5.75 Å². The van der Waals surface area contributed by atoms with Gasteiger partial charge in [0, 0.05) is 6.21 Å². The van der Waals surface area contributed by atoms with E-state index in [0.29, 0.717) is 27.7 Å². The van der Waals surface area contributed by atoms with Gasteiger partial charge in [-0.25, -0.2) is 0 Å². The summed E-state index contributed by atoms with van der Waals surface area (Å²) in [7, 11) is 1.57. The highest BCUT2D eigenvalue weighted by Gasteiger charge is 2.42. The zero-order valence-corrected chi connectivity index (χ0v) is 20.3. The van der Waals surface area contributed by atoms with Crippen LogP contribution in [0.1, 0.15) is 49.4 Å². The van der Waals surface area contributed by atoms with Crippen LogP contribution in [0.15, 0.2) is 39.5 Å². The van der Waals surface area contributed by atoms with Crippen LogP contribution in [0, 0.1) is 8.98 Å². The largest absolute Gasteiger partial charge is 0.496 e. The molecule has 0 bridgehead atoms. The Labute approximate surface area is 193 Å². The van der Waals surface area contributed by atoms with Crippen LogP contribution in [0.3, 0.4) is 0 Å². The van der Waals surface area contributed by atoms with E-state index in [9.17, 15) is 9.59 Å². The van der Waals surface area contributed by atoms with Crippen LogP contribution < -0.4 is 10.1 Å². The molecule has 0 aliphatic heterocycles. The second-order valence-electron chi connectivity index (χ2n) is 6.82. The number of methoxy groups -OCH3 is 1. The van der Waals surface area contributed by atoms with Crippen molar-refractivity contribution >= 4 is 63.1 Å². The molecule has 0 unspecified atom stereocenters. The number of amides is 1. The summed E-state index contributed by atoms with van der Waals surface area (Å²) in [5.41, 5.74) is 0.381. The molecule has 1 saturated carbocycles. The van der Waals surface area contributed by atoms with Crippen LogP contribution in [-0.2, 0) is 4.79 Å². The summed E-state index contributed by atoms with van der Waals surface area (Å²) in [6.07, 6.45) is 8.85. The molecule has 1 aromatic rings. The molecule has 7 heteroatoms. The predicted molar refractivity (Wildman–Crippen MR) is 129 cm³/mol. The van der Waals surface area contributed by atoms with Gasteiger partial charge in [-0.1, -0.05) is 31.4 Å². The molecule has 0 heterocycles. The normalized spacial score (nSPS) is 17.0. The number of Topliss-reactive ketones (excluding diaryl/α,β-unsaturated/α-hetero) is 1. The molecule has 0 saturated heterocycles. The first-order chi connectivity index (χ1) is 13.3. The minimum absolute atomic E-state index is 0.0620. The summed E-state index contributed by atoms with van der Waals surface area (Å²) in [6.45, 7) is 1.81. The first-order valence-corrected chi connectivity index (χ1v) is 11.2. The lowest BCUT2D eigenvalue weighted by atomic mass is 9.78. The van der Waals surface area contributed by atoms with Gasteiger partial charge in [-0.2, -0.15) is 0 Å². The number of nitrogens with one attached hydrogen (secondary N) is 2. The van der Waals surface area contributed by atoms with E-state index in [0.717, 1.165) is 28.4 Å². The summed E-state index contributed by atoms with van der Waals surface area (Å²) in [4.78, 5) is 26.4. The van der Waals surface area contributed by atoms with Gasteiger partial charge in [0.05, 0.1) is 19.8 Å². The molecule has 2 N–H and O–H groups in total. The minimum atomic E-state index is -0.888. The Kier molecular flexibility index (Phi) is 8.66. The van der Waals surface area contributed by atoms with Gasteiger partial charge in [-0.05, 0) is 88.7 Å². The Hall–Kier alpha value is -1.23. The Morgan fingerprint density at radius 3 is 2.50 bits per heavy atom. The molecule has 2 rings (SSSR count). The second kappa shape index (κ2) is 10.5. The van der Waals surface area contributed by atoms with Crippen molar-refractivity contribution < 1.29 is 14.3 Å². The van der Waals surface area contributed by atoms with Gasteiger partial charge in [-0.15, -0.1) is 0 Å². The molecule has 1 aliphatic carbocycles. The summed E-state index contributed by atoms with van der Waals surface area (Å²) >= 11 is 4.13. The number of benzene rings is 1. The van der Waals surface area contributed by atoms with Gasteiger partial charge in [0.15, 0.2) is 5.78 Å². The quantitative estimate of drug-likeness (QED) is 0.194. The third kappa shape index (κ3) is 5.43. The van der Waals surface area contributed by atoms with E-state index in [1.165, 1.54) is 6.21 Å². The average Bonchev–Trinajstić information content (AvgIpc) is 2.71. The van der Waals surface area contributed by atoms with Crippen LogP contribution in [0.5, 0.6) is 5.75 Å². The highest BCUT2D eigenvalue weighted by Crippen LogP contribution is 2.34. The third-order valence-corrected chi connectivity index (χ3v) is 6.82. The van der Waals surface area contributed by atoms with E-state index >= 15 is 0 Å². The summed E-state index contributed by atoms with van der Waals surface area (Å²) in [5, 5.41) is 10.3. The lowest BCUT2D eigenvalue weighted by molar-refractivity contribution is -0.121. The molecular formula is C21H24I2N2O3. The SMILES string of the molecule is COc1cccc(C(=O)NC2(C(=O)/C(I)=C/C=C(/C)C=N)CCCCC2)c1I. The molecule has 0 aromatic heterocycles. The fraction of sp³-hybridized carbons (Fsp3) is 0.381. The maximum absolute atomic E-state index is 13.3. The van der Waals surface area contributed by atoms with Crippen molar-refractivity contribution in [3.63, 3.8) is 0 Å². The number of carbonyl (C=O) groups is 2. The first kappa shape index (κ1) is 23.1. The lowest BCUT2D eigenvalue weighted by Gasteiger charge is -2.36. The number of hydrogen-bond donors (Lipinski definition) is 2. The van der Waals surface area contributed by atoms with E-state index in [-0.39, 0.29) is 11.7 Å². The van der Waals surface area contributed by atoms with E-state index in [1.54, 1.807) is 38.3 Å². The van der Waals surface area contributed by atoms with Crippen molar-refractivity contribution in [1.82, 2.24) is 5.32 Å². The second-order valence-corrected chi connectivity index (χ2v) is 9.06. The number of rotatable bonds is 7. The Bertz CT molecular complexity index is 825. The van der Waals surface area contributed by atoms with Crippen LogP contribution >= 0.6 is 45.2 Å². The number of ketones is 1.